The van der Waals surface area contributed by atoms with Gasteiger partial charge in [0.2, 0.25) is 11.7 Å². The number of ether oxygens (including phenoxy) is 3. The fourth-order valence-electron chi connectivity index (χ4n) is 4.32. The van der Waals surface area contributed by atoms with Crippen LogP contribution in [0.15, 0.2) is 65.6 Å². The summed E-state index contributed by atoms with van der Waals surface area (Å²) in [6.07, 6.45) is 4.88. The molecular weight excluding hydrogens is 542 g/mol. The van der Waals surface area contributed by atoms with Gasteiger partial charge in [-0.2, -0.15) is 0 Å². The number of anilines is 3. The zero-order valence-corrected chi connectivity index (χ0v) is 23.4. The van der Waals surface area contributed by atoms with Gasteiger partial charge in [0.25, 0.3) is 10.0 Å². The van der Waals surface area contributed by atoms with Crippen molar-refractivity contribution in [3.63, 3.8) is 0 Å². The lowest BCUT2D eigenvalue weighted by Crippen LogP contribution is -2.23. The molecule has 2 N–H and O–H groups in total. The maximum Gasteiger partial charge on any atom is 0.264 e. The van der Waals surface area contributed by atoms with Crippen LogP contribution in [0, 0.1) is 0 Å². The summed E-state index contributed by atoms with van der Waals surface area (Å²) in [5.74, 6) is 0.907. The van der Waals surface area contributed by atoms with Crippen molar-refractivity contribution >= 4 is 50.7 Å². The number of carbonyl (C=O) groups excluding carboxylic acids is 1. The van der Waals surface area contributed by atoms with Crippen LogP contribution >= 0.6 is 11.6 Å². The van der Waals surface area contributed by atoms with Crippen LogP contribution in [0.1, 0.15) is 18.4 Å². The van der Waals surface area contributed by atoms with Crippen LogP contribution in [-0.2, 0) is 14.8 Å². The third-order valence-electron chi connectivity index (χ3n) is 6.20. The van der Waals surface area contributed by atoms with Gasteiger partial charge in [-0.05, 0) is 66.9 Å². The molecule has 0 unspecified atom stereocenters. The highest BCUT2D eigenvalue weighted by Gasteiger charge is 2.25. The van der Waals surface area contributed by atoms with Crippen molar-refractivity contribution in [1.29, 1.82) is 0 Å². The van der Waals surface area contributed by atoms with E-state index in [9.17, 15) is 13.2 Å². The number of hydrogen-bond donors (Lipinski definition) is 2. The summed E-state index contributed by atoms with van der Waals surface area (Å²) < 4.78 is 45.6. The van der Waals surface area contributed by atoms with E-state index in [4.69, 9.17) is 25.8 Å². The van der Waals surface area contributed by atoms with Gasteiger partial charge in [-0.15, -0.1) is 0 Å². The maximum atomic E-state index is 13.5. The first-order valence-corrected chi connectivity index (χ1v) is 14.1. The quantitative estimate of drug-likeness (QED) is 0.313. The molecule has 1 aliphatic heterocycles. The lowest BCUT2D eigenvalue weighted by atomic mass is 10.1. The highest BCUT2D eigenvalue weighted by atomic mass is 35.5. The molecule has 3 aromatic rings. The first-order valence-electron chi connectivity index (χ1n) is 12.2. The third-order valence-corrected chi connectivity index (χ3v) is 7.92. The summed E-state index contributed by atoms with van der Waals surface area (Å²) in [7, 11) is 0.505. The molecule has 39 heavy (non-hydrogen) atoms. The average Bonchev–Trinajstić information content (AvgIpc) is 3.47. The molecule has 0 aromatic heterocycles. The largest absolute Gasteiger partial charge is 0.493 e. The van der Waals surface area contributed by atoms with Crippen LogP contribution in [0.2, 0.25) is 5.02 Å². The molecule has 3 aromatic carbocycles. The van der Waals surface area contributed by atoms with Crippen LogP contribution in [-0.4, -0.2) is 48.7 Å². The number of rotatable bonds is 10. The van der Waals surface area contributed by atoms with Crippen LogP contribution in [0.25, 0.3) is 6.08 Å². The van der Waals surface area contributed by atoms with Gasteiger partial charge in [-0.1, -0.05) is 23.7 Å². The number of benzene rings is 3. The van der Waals surface area contributed by atoms with Crippen LogP contribution in [0.5, 0.6) is 17.2 Å². The van der Waals surface area contributed by atoms with E-state index < -0.39 is 15.9 Å². The second kappa shape index (κ2) is 12.3. The first-order chi connectivity index (χ1) is 18.7. The highest BCUT2D eigenvalue weighted by molar-refractivity contribution is 7.93. The van der Waals surface area contributed by atoms with Gasteiger partial charge < -0.3 is 24.4 Å². The van der Waals surface area contributed by atoms with Gasteiger partial charge >= 0.3 is 0 Å². The molecule has 0 saturated carbocycles. The number of nitrogens with zero attached hydrogens (tertiary/aromatic N) is 1. The van der Waals surface area contributed by atoms with Crippen LogP contribution in [0.3, 0.4) is 0 Å². The number of carbonyl (C=O) groups is 1. The predicted molar refractivity (Wildman–Crippen MR) is 154 cm³/mol. The van der Waals surface area contributed by atoms with Crippen molar-refractivity contribution in [3.8, 4) is 17.2 Å². The lowest BCUT2D eigenvalue weighted by Gasteiger charge is -2.22. The molecule has 1 heterocycles. The molecule has 9 nitrogen and oxygen atoms in total. The van der Waals surface area contributed by atoms with Gasteiger partial charge in [0.15, 0.2) is 11.5 Å². The molecule has 0 aliphatic carbocycles. The summed E-state index contributed by atoms with van der Waals surface area (Å²) in [4.78, 5) is 14.9. The fourth-order valence-corrected chi connectivity index (χ4v) is 5.89. The normalized spacial score (nSPS) is 13.4. The van der Waals surface area contributed by atoms with E-state index in [2.05, 4.69) is 10.0 Å². The van der Waals surface area contributed by atoms with Crippen molar-refractivity contribution in [2.24, 2.45) is 0 Å². The minimum absolute atomic E-state index is 0.0516. The Morgan fingerprint density at radius 3 is 2.23 bits per heavy atom. The number of amides is 1. The Morgan fingerprint density at radius 1 is 0.949 bits per heavy atom. The van der Waals surface area contributed by atoms with E-state index in [1.54, 1.807) is 54.6 Å². The molecule has 0 bridgehead atoms. The third kappa shape index (κ3) is 6.58. The number of para-hydroxylation sites is 1. The molecule has 0 radical (unpaired) electrons. The number of halogens is 1. The van der Waals surface area contributed by atoms with E-state index in [1.807, 2.05) is 4.90 Å². The second-order valence-corrected chi connectivity index (χ2v) is 10.8. The molecular formula is C28H30ClN3O6S. The van der Waals surface area contributed by atoms with E-state index in [-0.39, 0.29) is 15.6 Å². The van der Waals surface area contributed by atoms with Crippen molar-refractivity contribution in [1.82, 2.24) is 0 Å². The Kier molecular flexibility index (Phi) is 8.88. The Hall–Kier alpha value is -3.89. The van der Waals surface area contributed by atoms with Crippen molar-refractivity contribution < 1.29 is 27.4 Å². The predicted octanol–water partition coefficient (Wildman–Crippen LogP) is 5.42. The summed E-state index contributed by atoms with van der Waals surface area (Å²) in [6, 6.07) is 14.9. The number of methoxy groups -OCH3 is 3. The SMILES string of the molecule is COc1cc(/C=C/C(=O)Nc2ccc(N3CCCC3)c(S(=O)(=O)Nc3ccccc3Cl)c2)cc(OC)c1OC. The van der Waals surface area contributed by atoms with E-state index in [0.29, 0.717) is 34.2 Å². The Morgan fingerprint density at radius 2 is 1.62 bits per heavy atom. The zero-order chi connectivity index (χ0) is 28.0. The minimum atomic E-state index is -4.02. The number of sulfonamides is 1. The standard InChI is InChI=1S/C28H30ClN3O6S/c1-36-24-16-19(17-25(37-2)28(24)38-3)10-13-27(33)30-20-11-12-23(32-14-6-7-15-32)26(18-20)39(34,35)31-22-9-5-4-8-21(22)29/h4-5,8-13,16-18,31H,6-7,14-15H2,1-3H3,(H,30,33)/b13-10+. The van der Waals surface area contributed by atoms with E-state index >= 15 is 0 Å². The van der Waals surface area contributed by atoms with Gasteiger partial charge in [0, 0.05) is 24.9 Å². The molecule has 206 valence electrons. The van der Waals surface area contributed by atoms with E-state index in [1.165, 1.54) is 33.5 Å². The zero-order valence-electron chi connectivity index (χ0n) is 21.9. The number of hydrogen-bond acceptors (Lipinski definition) is 7. The summed E-state index contributed by atoms with van der Waals surface area (Å²) >= 11 is 6.20. The molecule has 1 saturated heterocycles. The molecule has 1 amide bonds. The monoisotopic (exact) mass is 571 g/mol. The Balaban J connectivity index is 1.60. The molecule has 1 aliphatic rings. The van der Waals surface area contributed by atoms with Crippen molar-refractivity contribution in [2.75, 3.05) is 49.4 Å². The summed E-state index contributed by atoms with van der Waals surface area (Å²) in [5, 5.41) is 3.03. The van der Waals surface area contributed by atoms with Gasteiger partial charge in [-0.25, -0.2) is 8.42 Å². The van der Waals surface area contributed by atoms with Crippen LogP contribution in [0.4, 0.5) is 17.1 Å². The van der Waals surface area contributed by atoms with Crippen molar-refractivity contribution in [3.05, 3.63) is 71.3 Å². The number of nitrogens with one attached hydrogen (secondary N) is 2. The highest BCUT2D eigenvalue weighted by Crippen LogP contribution is 2.38. The molecule has 0 atom stereocenters. The van der Waals surface area contributed by atoms with Crippen molar-refractivity contribution in [2.45, 2.75) is 17.7 Å². The van der Waals surface area contributed by atoms with Gasteiger partial charge in [0.1, 0.15) is 4.90 Å². The molecule has 4 rings (SSSR count). The molecule has 0 spiro atoms. The van der Waals surface area contributed by atoms with Gasteiger partial charge in [-0.3, -0.25) is 9.52 Å². The Bertz CT molecular complexity index is 1460. The fraction of sp³-hybridized carbons (Fsp3) is 0.250. The first kappa shape index (κ1) is 28.1. The maximum absolute atomic E-state index is 13.5. The molecule has 1 fully saturated rings. The molecule has 11 heteroatoms. The smallest absolute Gasteiger partial charge is 0.264 e. The average molecular weight is 572 g/mol. The Labute approximate surface area is 233 Å². The summed E-state index contributed by atoms with van der Waals surface area (Å²) in [5.41, 5.74) is 1.82. The van der Waals surface area contributed by atoms with Crippen LogP contribution < -0.4 is 29.1 Å². The lowest BCUT2D eigenvalue weighted by molar-refractivity contribution is -0.111. The second-order valence-electron chi connectivity index (χ2n) is 8.74. The van der Waals surface area contributed by atoms with Gasteiger partial charge in [0.05, 0.1) is 37.7 Å². The summed E-state index contributed by atoms with van der Waals surface area (Å²) in [6.45, 7) is 1.50. The topological polar surface area (TPSA) is 106 Å². The minimum Gasteiger partial charge on any atom is -0.493 e. The van der Waals surface area contributed by atoms with E-state index in [0.717, 1.165) is 25.9 Å².